The summed E-state index contributed by atoms with van der Waals surface area (Å²) in [6, 6.07) is 19.1. The summed E-state index contributed by atoms with van der Waals surface area (Å²) in [5.74, 6) is 0.926. The number of hydrogen-bond acceptors (Lipinski definition) is 2. The Morgan fingerprint density at radius 2 is 1.38 bits per heavy atom. The summed E-state index contributed by atoms with van der Waals surface area (Å²) in [5, 5.41) is 9.36. The molecule has 1 N–H and O–H groups in total. The van der Waals surface area contributed by atoms with E-state index in [1.165, 1.54) is 16.0 Å². The van der Waals surface area contributed by atoms with E-state index in [-0.39, 0.29) is 12.0 Å². The molecule has 2 rings (SSSR count). The summed E-state index contributed by atoms with van der Waals surface area (Å²) in [7, 11) is 0. The number of aliphatic hydroxyl groups excluding tert-OH is 1. The zero-order chi connectivity index (χ0) is 18.4. The van der Waals surface area contributed by atoms with Gasteiger partial charge in [-0.3, -0.25) is 0 Å². The summed E-state index contributed by atoms with van der Waals surface area (Å²) >= 11 is 1.84. The predicted octanol–water partition coefficient (Wildman–Crippen LogP) is 6.44. The molecular weight excluding hydrogens is 312 g/mol. The molecule has 1 nitrogen and oxygen atoms in total. The molecule has 0 heterocycles. The fraction of sp³-hybridized carbons (Fsp3) is 0.455. The van der Waals surface area contributed by atoms with Crippen molar-refractivity contribution < 1.29 is 5.11 Å². The van der Waals surface area contributed by atoms with Gasteiger partial charge in [0, 0.05) is 17.3 Å². The van der Waals surface area contributed by atoms with E-state index < -0.39 is 0 Å². The van der Waals surface area contributed by atoms with Gasteiger partial charge in [-0.25, -0.2) is 0 Å². The zero-order valence-corrected chi connectivity index (χ0v) is 17.0. The van der Waals surface area contributed by atoms with Crippen LogP contribution in [0.25, 0.3) is 0 Å². The Kier molecular flexibility index (Phi) is 12.4. The van der Waals surface area contributed by atoms with Crippen molar-refractivity contribution in [1.29, 1.82) is 0 Å². The monoisotopic (exact) mass is 346 g/mol. The highest BCUT2D eigenvalue weighted by molar-refractivity contribution is 7.99. The van der Waals surface area contributed by atoms with Gasteiger partial charge >= 0.3 is 0 Å². The first-order valence-electron chi connectivity index (χ1n) is 8.96. The molecule has 24 heavy (non-hydrogen) atoms. The van der Waals surface area contributed by atoms with E-state index in [2.05, 4.69) is 62.4 Å². The summed E-state index contributed by atoms with van der Waals surface area (Å²) in [4.78, 5) is 1.32. The van der Waals surface area contributed by atoms with Gasteiger partial charge in [-0.2, -0.15) is 0 Å². The summed E-state index contributed by atoms with van der Waals surface area (Å²) in [6.07, 6.45) is 0.962. The molecule has 0 atom stereocenters. The molecular formula is C22H34OS. The fourth-order valence-corrected chi connectivity index (χ4v) is 3.06. The van der Waals surface area contributed by atoms with Crippen molar-refractivity contribution in [1.82, 2.24) is 0 Å². The van der Waals surface area contributed by atoms with Gasteiger partial charge in [-0.05, 0) is 29.0 Å². The minimum absolute atomic E-state index is 0.0372. The third kappa shape index (κ3) is 8.56. The molecule has 0 aromatic heterocycles. The standard InChI is InChI=1S/C18H22OS.2C2H6/c1-18(2,13-19)14-20-17-11-7-6-10-16(17)12-15-8-4-3-5-9-15;2*1-2/h3-11,19H,12-14H2,1-2H3;2*1-2H3. The molecule has 0 unspecified atom stereocenters. The van der Waals surface area contributed by atoms with E-state index in [0.29, 0.717) is 0 Å². The molecule has 134 valence electrons. The highest BCUT2D eigenvalue weighted by Crippen LogP contribution is 2.30. The van der Waals surface area contributed by atoms with Gasteiger partial charge in [0.1, 0.15) is 0 Å². The Morgan fingerprint density at radius 3 is 1.96 bits per heavy atom. The second-order valence-corrected chi connectivity index (χ2v) is 6.90. The van der Waals surface area contributed by atoms with Crippen molar-refractivity contribution in [2.24, 2.45) is 5.41 Å². The molecule has 0 aliphatic heterocycles. The van der Waals surface area contributed by atoms with Crippen LogP contribution < -0.4 is 0 Å². The third-order valence-corrected chi connectivity index (χ3v) is 4.89. The molecule has 0 aliphatic carbocycles. The number of aliphatic hydroxyl groups is 1. The van der Waals surface area contributed by atoms with Crippen molar-refractivity contribution in [2.45, 2.75) is 52.9 Å². The van der Waals surface area contributed by atoms with E-state index in [0.717, 1.165) is 12.2 Å². The zero-order valence-electron chi connectivity index (χ0n) is 16.2. The van der Waals surface area contributed by atoms with Gasteiger partial charge in [0.15, 0.2) is 0 Å². The first kappa shape index (κ1) is 22.8. The summed E-state index contributed by atoms with van der Waals surface area (Å²) in [6.45, 7) is 12.4. The largest absolute Gasteiger partial charge is 0.396 e. The van der Waals surface area contributed by atoms with E-state index in [4.69, 9.17) is 0 Å². The van der Waals surface area contributed by atoms with Crippen LogP contribution in [0.2, 0.25) is 0 Å². The second kappa shape index (κ2) is 13.1. The van der Waals surface area contributed by atoms with Gasteiger partial charge in [0.05, 0.1) is 0 Å². The second-order valence-electron chi connectivity index (χ2n) is 5.88. The van der Waals surface area contributed by atoms with Gasteiger partial charge in [-0.1, -0.05) is 90.1 Å². The lowest BCUT2D eigenvalue weighted by molar-refractivity contribution is 0.180. The molecule has 0 radical (unpaired) electrons. The van der Waals surface area contributed by atoms with E-state index in [1.807, 2.05) is 45.5 Å². The third-order valence-electron chi connectivity index (χ3n) is 3.26. The molecule has 2 aromatic rings. The average molecular weight is 347 g/mol. The molecule has 2 aromatic carbocycles. The number of benzene rings is 2. The maximum atomic E-state index is 9.36. The van der Waals surface area contributed by atoms with Crippen LogP contribution in [0.4, 0.5) is 0 Å². The lowest BCUT2D eigenvalue weighted by Gasteiger charge is -2.21. The minimum Gasteiger partial charge on any atom is -0.396 e. The number of rotatable bonds is 6. The number of thioether (sulfide) groups is 1. The quantitative estimate of drug-likeness (QED) is 0.607. The van der Waals surface area contributed by atoms with Crippen LogP contribution >= 0.6 is 11.8 Å². The Bertz CT molecular complexity index is 535. The first-order chi connectivity index (χ1) is 11.6. The van der Waals surface area contributed by atoms with Gasteiger partial charge < -0.3 is 5.11 Å². The van der Waals surface area contributed by atoms with Crippen LogP contribution in [0.5, 0.6) is 0 Å². The Hall–Kier alpha value is -1.25. The van der Waals surface area contributed by atoms with Gasteiger partial charge in [0.2, 0.25) is 0 Å². The Morgan fingerprint density at radius 1 is 0.833 bits per heavy atom. The highest BCUT2D eigenvalue weighted by atomic mass is 32.2. The molecule has 0 saturated heterocycles. The Labute approximate surface area is 153 Å². The SMILES string of the molecule is CC.CC.CC(C)(CO)CSc1ccccc1Cc1ccccc1. The molecule has 0 amide bonds. The van der Waals surface area contributed by atoms with Crippen LogP contribution in [-0.4, -0.2) is 17.5 Å². The van der Waals surface area contributed by atoms with E-state index in [9.17, 15) is 5.11 Å². The molecule has 0 bridgehead atoms. The first-order valence-corrected chi connectivity index (χ1v) is 9.95. The lowest BCUT2D eigenvalue weighted by Crippen LogP contribution is -2.19. The smallest absolute Gasteiger partial charge is 0.0490 e. The van der Waals surface area contributed by atoms with E-state index in [1.54, 1.807) is 0 Å². The molecule has 2 heteroatoms. The predicted molar refractivity (Wildman–Crippen MR) is 110 cm³/mol. The lowest BCUT2D eigenvalue weighted by atomic mass is 9.98. The van der Waals surface area contributed by atoms with Crippen LogP contribution in [0.15, 0.2) is 59.5 Å². The van der Waals surface area contributed by atoms with Crippen LogP contribution in [0, 0.1) is 5.41 Å². The van der Waals surface area contributed by atoms with Crippen molar-refractivity contribution >= 4 is 11.8 Å². The summed E-state index contributed by atoms with van der Waals surface area (Å²) in [5.41, 5.74) is 2.66. The maximum absolute atomic E-state index is 9.36. The van der Waals surface area contributed by atoms with Crippen molar-refractivity contribution in [3.05, 3.63) is 65.7 Å². The molecule has 0 aliphatic rings. The minimum atomic E-state index is -0.0372. The van der Waals surface area contributed by atoms with Crippen LogP contribution in [0.3, 0.4) is 0 Å². The maximum Gasteiger partial charge on any atom is 0.0490 e. The van der Waals surface area contributed by atoms with Gasteiger partial charge in [0.25, 0.3) is 0 Å². The number of hydrogen-bond donors (Lipinski definition) is 1. The fourth-order valence-electron chi connectivity index (χ4n) is 1.93. The van der Waals surface area contributed by atoms with Crippen LogP contribution in [0.1, 0.15) is 52.7 Å². The van der Waals surface area contributed by atoms with E-state index >= 15 is 0 Å². The van der Waals surface area contributed by atoms with Gasteiger partial charge in [-0.15, -0.1) is 11.8 Å². The average Bonchev–Trinajstić information content (AvgIpc) is 2.65. The summed E-state index contributed by atoms with van der Waals surface area (Å²) < 4.78 is 0. The van der Waals surface area contributed by atoms with Crippen molar-refractivity contribution in [3.63, 3.8) is 0 Å². The van der Waals surface area contributed by atoms with Crippen molar-refractivity contribution in [3.8, 4) is 0 Å². The highest BCUT2D eigenvalue weighted by Gasteiger charge is 2.17. The normalized spacial score (nSPS) is 10.1. The molecule has 0 spiro atoms. The van der Waals surface area contributed by atoms with Crippen molar-refractivity contribution in [2.75, 3.05) is 12.4 Å². The van der Waals surface area contributed by atoms with Crippen LogP contribution in [-0.2, 0) is 6.42 Å². The Balaban J connectivity index is 0.00000123. The topological polar surface area (TPSA) is 20.2 Å². The molecule has 0 fully saturated rings. The molecule has 0 saturated carbocycles.